The number of aliphatic hydroxyl groups excluding tert-OH is 1. The molecule has 0 saturated carbocycles. The summed E-state index contributed by atoms with van der Waals surface area (Å²) in [7, 11) is -3.89. The standard InChI is InChI=1S/C18H21NO4S/c1-3-17(21)13-19(16-9-5-4-6-10-16)24(22,23)18-11-7-8-15(12-18)14(2)20/h4-12,17,21H,3,13H2,1-2H3/t17-/m1/s1. The average molecular weight is 347 g/mol. The minimum absolute atomic E-state index is 0.0300. The van der Waals surface area contributed by atoms with Gasteiger partial charge in [-0.05, 0) is 37.6 Å². The maximum atomic E-state index is 13.1. The van der Waals surface area contributed by atoms with Crippen molar-refractivity contribution in [2.24, 2.45) is 0 Å². The van der Waals surface area contributed by atoms with E-state index in [2.05, 4.69) is 0 Å². The normalized spacial score (nSPS) is 12.6. The number of aliphatic hydroxyl groups is 1. The van der Waals surface area contributed by atoms with Crippen molar-refractivity contribution in [2.45, 2.75) is 31.3 Å². The first-order chi connectivity index (χ1) is 11.4. The van der Waals surface area contributed by atoms with E-state index in [9.17, 15) is 18.3 Å². The third-order valence-electron chi connectivity index (χ3n) is 3.72. The van der Waals surface area contributed by atoms with Gasteiger partial charge in [-0.3, -0.25) is 9.10 Å². The molecule has 0 amide bonds. The van der Waals surface area contributed by atoms with Crippen LogP contribution in [0.25, 0.3) is 0 Å². The van der Waals surface area contributed by atoms with Gasteiger partial charge in [0.2, 0.25) is 0 Å². The Kier molecular flexibility index (Phi) is 5.75. The Morgan fingerprint density at radius 1 is 1.12 bits per heavy atom. The van der Waals surface area contributed by atoms with Crippen LogP contribution in [0.3, 0.4) is 0 Å². The maximum absolute atomic E-state index is 13.1. The molecule has 1 N–H and O–H groups in total. The fourth-order valence-electron chi connectivity index (χ4n) is 2.26. The lowest BCUT2D eigenvalue weighted by atomic mass is 10.2. The second-order valence-corrected chi connectivity index (χ2v) is 7.38. The van der Waals surface area contributed by atoms with Crippen LogP contribution < -0.4 is 4.31 Å². The number of ketones is 1. The number of nitrogens with zero attached hydrogens (tertiary/aromatic N) is 1. The Bertz CT molecular complexity index is 803. The summed E-state index contributed by atoms with van der Waals surface area (Å²) in [6.45, 7) is 3.13. The monoisotopic (exact) mass is 347 g/mol. The zero-order chi connectivity index (χ0) is 17.7. The topological polar surface area (TPSA) is 74.7 Å². The smallest absolute Gasteiger partial charge is 0.264 e. The van der Waals surface area contributed by atoms with Gasteiger partial charge in [0.15, 0.2) is 5.78 Å². The molecular weight excluding hydrogens is 326 g/mol. The molecule has 0 spiro atoms. The lowest BCUT2D eigenvalue weighted by Crippen LogP contribution is -2.37. The van der Waals surface area contributed by atoms with Gasteiger partial charge in [0.25, 0.3) is 10.0 Å². The highest BCUT2D eigenvalue weighted by Crippen LogP contribution is 2.25. The van der Waals surface area contributed by atoms with Gasteiger partial charge in [-0.1, -0.05) is 37.3 Å². The first-order valence-corrected chi connectivity index (χ1v) is 9.17. The van der Waals surface area contributed by atoms with Gasteiger partial charge in [-0.25, -0.2) is 8.42 Å². The largest absolute Gasteiger partial charge is 0.391 e. The number of para-hydroxylation sites is 1. The molecule has 1 atom stereocenters. The number of benzene rings is 2. The summed E-state index contributed by atoms with van der Waals surface area (Å²) in [5.74, 6) is -0.202. The molecule has 0 aliphatic rings. The number of rotatable bonds is 7. The van der Waals surface area contributed by atoms with E-state index in [0.717, 1.165) is 0 Å². The summed E-state index contributed by atoms with van der Waals surface area (Å²) in [5.41, 5.74) is 0.804. The van der Waals surface area contributed by atoms with Crippen molar-refractivity contribution >= 4 is 21.5 Å². The number of hydrogen-bond acceptors (Lipinski definition) is 4. The fourth-order valence-corrected chi connectivity index (χ4v) is 3.81. The molecule has 5 nitrogen and oxygen atoms in total. The van der Waals surface area contributed by atoms with Crippen LogP contribution in [0, 0.1) is 0 Å². The second kappa shape index (κ2) is 7.59. The van der Waals surface area contributed by atoms with E-state index in [1.165, 1.54) is 23.4 Å². The lowest BCUT2D eigenvalue weighted by Gasteiger charge is -2.26. The number of carbonyl (C=O) groups excluding carboxylic acids is 1. The fraction of sp³-hybridized carbons (Fsp3) is 0.278. The molecule has 0 fully saturated rings. The molecule has 0 aliphatic heterocycles. The quantitative estimate of drug-likeness (QED) is 0.782. The first-order valence-electron chi connectivity index (χ1n) is 7.73. The van der Waals surface area contributed by atoms with Gasteiger partial charge < -0.3 is 5.11 Å². The summed E-state index contributed by atoms with van der Waals surface area (Å²) >= 11 is 0. The molecule has 0 bridgehead atoms. The lowest BCUT2D eigenvalue weighted by molar-refractivity contribution is 0.101. The number of sulfonamides is 1. The minimum atomic E-state index is -3.89. The number of carbonyl (C=O) groups is 1. The van der Waals surface area contributed by atoms with Gasteiger partial charge in [0, 0.05) is 5.56 Å². The number of Topliss-reactive ketones (excluding diaryl/α,β-unsaturated/α-hetero) is 1. The highest BCUT2D eigenvalue weighted by atomic mass is 32.2. The van der Waals surface area contributed by atoms with Crippen molar-refractivity contribution in [3.63, 3.8) is 0 Å². The van der Waals surface area contributed by atoms with Crippen LogP contribution in [0.2, 0.25) is 0 Å². The molecule has 6 heteroatoms. The molecular formula is C18H21NO4S. The minimum Gasteiger partial charge on any atom is -0.391 e. The van der Waals surface area contributed by atoms with Crippen molar-refractivity contribution in [1.29, 1.82) is 0 Å². The molecule has 0 unspecified atom stereocenters. The van der Waals surface area contributed by atoms with E-state index in [1.54, 1.807) is 49.4 Å². The Labute approximate surface area is 142 Å². The molecule has 0 radical (unpaired) electrons. The zero-order valence-corrected chi connectivity index (χ0v) is 14.5. The Morgan fingerprint density at radius 3 is 2.38 bits per heavy atom. The maximum Gasteiger partial charge on any atom is 0.264 e. The van der Waals surface area contributed by atoms with E-state index < -0.39 is 16.1 Å². The van der Waals surface area contributed by atoms with E-state index in [1.807, 2.05) is 0 Å². The van der Waals surface area contributed by atoms with Gasteiger partial charge in [0.1, 0.15) is 0 Å². The third-order valence-corrected chi connectivity index (χ3v) is 5.51. The highest BCUT2D eigenvalue weighted by Gasteiger charge is 2.27. The average Bonchev–Trinajstić information content (AvgIpc) is 2.60. The van der Waals surface area contributed by atoms with Crippen LogP contribution in [-0.4, -0.2) is 32.0 Å². The number of hydrogen-bond donors (Lipinski definition) is 1. The van der Waals surface area contributed by atoms with Crippen molar-refractivity contribution in [3.8, 4) is 0 Å². The van der Waals surface area contributed by atoms with Gasteiger partial charge in [-0.2, -0.15) is 0 Å². The van der Waals surface area contributed by atoms with E-state index in [-0.39, 0.29) is 17.2 Å². The summed E-state index contributed by atoms with van der Waals surface area (Å²) in [6.07, 6.45) is -0.345. The molecule has 2 rings (SSSR count). The molecule has 2 aromatic carbocycles. The molecule has 0 aromatic heterocycles. The molecule has 0 saturated heterocycles. The van der Waals surface area contributed by atoms with Crippen LogP contribution in [-0.2, 0) is 10.0 Å². The van der Waals surface area contributed by atoms with Crippen LogP contribution in [0.15, 0.2) is 59.5 Å². The van der Waals surface area contributed by atoms with Crippen molar-refractivity contribution in [2.75, 3.05) is 10.8 Å². The second-order valence-electron chi connectivity index (χ2n) is 5.52. The molecule has 24 heavy (non-hydrogen) atoms. The molecule has 0 aliphatic carbocycles. The van der Waals surface area contributed by atoms with Crippen LogP contribution in [0.4, 0.5) is 5.69 Å². The Hall–Kier alpha value is -2.18. The van der Waals surface area contributed by atoms with Crippen molar-refractivity contribution in [1.82, 2.24) is 0 Å². The van der Waals surface area contributed by atoms with Crippen LogP contribution in [0.1, 0.15) is 30.6 Å². The van der Waals surface area contributed by atoms with Gasteiger partial charge in [-0.15, -0.1) is 0 Å². The molecule has 2 aromatic rings. The predicted molar refractivity (Wildman–Crippen MR) is 93.7 cm³/mol. The summed E-state index contributed by atoms with van der Waals surface area (Å²) < 4.78 is 27.3. The number of anilines is 1. The van der Waals surface area contributed by atoms with Crippen LogP contribution >= 0.6 is 0 Å². The SMILES string of the molecule is CC[C@@H](O)CN(c1ccccc1)S(=O)(=O)c1cccc(C(C)=O)c1. The highest BCUT2D eigenvalue weighted by molar-refractivity contribution is 7.92. The van der Waals surface area contributed by atoms with Gasteiger partial charge in [0.05, 0.1) is 23.2 Å². The zero-order valence-electron chi connectivity index (χ0n) is 13.7. The predicted octanol–water partition coefficient (Wildman–Crippen LogP) is 2.86. The van der Waals surface area contributed by atoms with E-state index in [0.29, 0.717) is 17.7 Å². The summed E-state index contributed by atoms with van der Waals surface area (Å²) in [4.78, 5) is 11.6. The summed E-state index contributed by atoms with van der Waals surface area (Å²) in [5, 5.41) is 9.98. The first kappa shape index (κ1) is 18.2. The van der Waals surface area contributed by atoms with Gasteiger partial charge >= 0.3 is 0 Å². The van der Waals surface area contributed by atoms with Crippen molar-refractivity contribution in [3.05, 3.63) is 60.2 Å². The van der Waals surface area contributed by atoms with Crippen molar-refractivity contribution < 1.29 is 18.3 Å². The molecule has 128 valence electrons. The summed E-state index contributed by atoms with van der Waals surface area (Å²) in [6, 6.07) is 14.6. The Balaban J connectivity index is 2.51. The third kappa shape index (κ3) is 4.01. The molecule has 0 heterocycles. The van der Waals surface area contributed by atoms with E-state index in [4.69, 9.17) is 0 Å². The Morgan fingerprint density at radius 2 is 1.79 bits per heavy atom. The van der Waals surface area contributed by atoms with Crippen LogP contribution in [0.5, 0.6) is 0 Å². The van der Waals surface area contributed by atoms with E-state index >= 15 is 0 Å².